The molecule has 0 bridgehead atoms. The zero-order chi connectivity index (χ0) is 15.2. The van der Waals surface area contributed by atoms with E-state index in [0.717, 1.165) is 29.6 Å². The van der Waals surface area contributed by atoms with Crippen LogP contribution >= 0.6 is 0 Å². The first-order valence-corrected chi connectivity index (χ1v) is 7.26. The normalized spacial score (nSPS) is 12.1. The van der Waals surface area contributed by atoms with E-state index < -0.39 is 0 Å². The van der Waals surface area contributed by atoms with E-state index in [2.05, 4.69) is 29.8 Å². The lowest BCUT2D eigenvalue weighted by Gasteiger charge is -2.32. The lowest BCUT2D eigenvalue weighted by atomic mass is 10.1. The molecule has 0 saturated carbocycles. The first kappa shape index (κ1) is 15.3. The second-order valence-electron chi connectivity index (χ2n) is 5.09. The highest BCUT2D eigenvalue weighted by Crippen LogP contribution is 2.31. The summed E-state index contributed by atoms with van der Waals surface area (Å²) >= 11 is 0. The van der Waals surface area contributed by atoms with E-state index in [1.807, 2.05) is 24.3 Å². The van der Waals surface area contributed by atoms with Gasteiger partial charge in [-0.15, -0.1) is 0 Å². The van der Waals surface area contributed by atoms with Crippen molar-refractivity contribution in [3.05, 3.63) is 36.0 Å². The number of fused-ring (bicyclic) bond motifs is 1. The number of rotatable bonds is 6. The molecule has 1 atom stereocenters. The molecule has 1 aromatic heterocycles. The van der Waals surface area contributed by atoms with Crippen LogP contribution in [0.1, 0.15) is 25.8 Å². The molecule has 0 spiro atoms. The van der Waals surface area contributed by atoms with Gasteiger partial charge in [0.1, 0.15) is 6.07 Å². The van der Waals surface area contributed by atoms with Crippen molar-refractivity contribution in [2.24, 2.45) is 0 Å². The van der Waals surface area contributed by atoms with Crippen molar-refractivity contribution < 1.29 is 4.74 Å². The Balaban J connectivity index is 2.61. The molecule has 2 rings (SSSR count). The average Bonchev–Trinajstić information content (AvgIpc) is 2.54. The Morgan fingerprint density at radius 3 is 2.81 bits per heavy atom. The molecule has 110 valence electrons. The van der Waals surface area contributed by atoms with Crippen molar-refractivity contribution >= 4 is 16.6 Å². The minimum atomic E-state index is 0.332. The first-order chi connectivity index (χ1) is 10.2. The van der Waals surface area contributed by atoms with Gasteiger partial charge in [-0.25, -0.2) is 0 Å². The van der Waals surface area contributed by atoms with E-state index in [1.165, 1.54) is 0 Å². The predicted molar refractivity (Wildman–Crippen MR) is 85.4 cm³/mol. The molecule has 1 heterocycles. The van der Waals surface area contributed by atoms with Gasteiger partial charge >= 0.3 is 0 Å². The van der Waals surface area contributed by atoms with Crippen LogP contribution in [0.2, 0.25) is 0 Å². The van der Waals surface area contributed by atoms with Gasteiger partial charge in [-0.2, -0.15) is 5.26 Å². The van der Waals surface area contributed by atoms with Gasteiger partial charge in [-0.3, -0.25) is 4.98 Å². The van der Waals surface area contributed by atoms with Crippen LogP contribution in [0.5, 0.6) is 0 Å². The van der Waals surface area contributed by atoms with Crippen LogP contribution in [0.3, 0.4) is 0 Å². The van der Waals surface area contributed by atoms with Crippen molar-refractivity contribution in [3.8, 4) is 6.07 Å². The predicted octanol–water partition coefficient (Wildman–Crippen LogP) is 3.36. The van der Waals surface area contributed by atoms with E-state index in [-0.39, 0.29) is 0 Å². The smallest absolute Gasteiger partial charge is 0.103 e. The minimum Gasteiger partial charge on any atom is -0.383 e. The number of hydrogen-bond donors (Lipinski definition) is 0. The van der Waals surface area contributed by atoms with E-state index in [4.69, 9.17) is 4.74 Å². The lowest BCUT2D eigenvalue weighted by molar-refractivity contribution is 0.203. The molecule has 1 aromatic carbocycles. The number of nitriles is 1. The Labute approximate surface area is 126 Å². The molecule has 4 nitrogen and oxygen atoms in total. The molecule has 4 heteroatoms. The topological polar surface area (TPSA) is 49.1 Å². The van der Waals surface area contributed by atoms with Crippen LogP contribution in [0, 0.1) is 11.3 Å². The van der Waals surface area contributed by atoms with Gasteiger partial charge in [0.15, 0.2) is 0 Å². The third kappa shape index (κ3) is 3.14. The van der Waals surface area contributed by atoms with Gasteiger partial charge in [0.2, 0.25) is 0 Å². The summed E-state index contributed by atoms with van der Waals surface area (Å²) in [6.07, 6.45) is 2.67. The summed E-state index contributed by atoms with van der Waals surface area (Å²) in [7, 11) is 1.70. The van der Waals surface area contributed by atoms with Gasteiger partial charge in [0, 0.05) is 31.3 Å². The zero-order valence-corrected chi connectivity index (χ0v) is 12.8. The number of ether oxygens (including phenoxy) is 1. The van der Waals surface area contributed by atoms with E-state index in [9.17, 15) is 5.26 Å². The monoisotopic (exact) mass is 283 g/mol. The number of hydrogen-bond acceptors (Lipinski definition) is 4. The third-order valence-corrected chi connectivity index (χ3v) is 3.81. The maximum absolute atomic E-state index is 9.46. The maximum atomic E-state index is 9.46. The highest BCUT2D eigenvalue weighted by Gasteiger charge is 2.19. The summed E-state index contributed by atoms with van der Waals surface area (Å²) in [6, 6.07) is 10.6. The first-order valence-electron chi connectivity index (χ1n) is 7.26. The number of benzene rings is 1. The Kier molecular flexibility index (Phi) is 5.13. The van der Waals surface area contributed by atoms with Gasteiger partial charge in [0.25, 0.3) is 0 Å². The van der Waals surface area contributed by atoms with Crippen LogP contribution in [0.25, 0.3) is 10.9 Å². The number of anilines is 1. The number of aromatic nitrogens is 1. The fourth-order valence-corrected chi connectivity index (χ4v) is 2.48. The number of nitrogens with zero attached hydrogens (tertiary/aromatic N) is 3. The minimum absolute atomic E-state index is 0.332. The summed E-state index contributed by atoms with van der Waals surface area (Å²) in [5, 5.41) is 10.5. The molecule has 0 saturated heterocycles. The van der Waals surface area contributed by atoms with Crippen LogP contribution < -0.4 is 4.90 Å². The second-order valence-corrected chi connectivity index (χ2v) is 5.09. The lowest BCUT2D eigenvalue weighted by Crippen LogP contribution is -2.36. The highest BCUT2D eigenvalue weighted by atomic mass is 16.5. The molecule has 0 aliphatic rings. The number of para-hydroxylation sites is 1. The SMILES string of the molecule is CCC(C)N(CCOC)c1c(C#N)cnc2ccccc12. The van der Waals surface area contributed by atoms with Crippen molar-refractivity contribution in [2.45, 2.75) is 26.3 Å². The zero-order valence-electron chi connectivity index (χ0n) is 12.8. The standard InChI is InChI=1S/C17H21N3O/c1-4-13(2)20(9-10-21-3)17-14(11-18)12-19-16-8-6-5-7-15(16)17/h5-8,12-13H,4,9-10H2,1-3H3. The Morgan fingerprint density at radius 2 is 2.14 bits per heavy atom. The van der Waals surface area contributed by atoms with Crippen LogP contribution in [-0.2, 0) is 4.74 Å². The van der Waals surface area contributed by atoms with Crippen molar-refractivity contribution in [1.82, 2.24) is 4.98 Å². The molecular formula is C17H21N3O. The van der Waals surface area contributed by atoms with Crippen LogP contribution in [-0.4, -0.2) is 31.3 Å². The molecule has 0 fully saturated rings. The van der Waals surface area contributed by atoms with Crippen LogP contribution in [0.15, 0.2) is 30.5 Å². The number of methoxy groups -OCH3 is 1. The molecule has 2 aromatic rings. The quantitative estimate of drug-likeness (QED) is 0.815. The molecule has 1 unspecified atom stereocenters. The average molecular weight is 283 g/mol. The molecule has 21 heavy (non-hydrogen) atoms. The third-order valence-electron chi connectivity index (χ3n) is 3.81. The fraction of sp³-hybridized carbons (Fsp3) is 0.412. The van der Waals surface area contributed by atoms with E-state index in [1.54, 1.807) is 13.3 Å². The largest absolute Gasteiger partial charge is 0.383 e. The summed E-state index contributed by atoms with van der Waals surface area (Å²) in [5.41, 5.74) is 2.50. The Bertz CT molecular complexity index is 648. The summed E-state index contributed by atoms with van der Waals surface area (Å²) in [5.74, 6) is 0. The maximum Gasteiger partial charge on any atom is 0.103 e. The molecule has 0 radical (unpaired) electrons. The second kappa shape index (κ2) is 7.05. The molecule has 0 N–H and O–H groups in total. The van der Waals surface area contributed by atoms with Crippen molar-refractivity contribution in [1.29, 1.82) is 5.26 Å². The van der Waals surface area contributed by atoms with Crippen LogP contribution in [0.4, 0.5) is 5.69 Å². The summed E-state index contributed by atoms with van der Waals surface area (Å²) < 4.78 is 5.23. The Hall–Kier alpha value is -2.12. The summed E-state index contributed by atoms with van der Waals surface area (Å²) in [4.78, 5) is 6.64. The van der Waals surface area contributed by atoms with Gasteiger partial charge in [-0.05, 0) is 19.4 Å². The number of pyridine rings is 1. The highest BCUT2D eigenvalue weighted by molar-refractivity contribution is 5.94. The summed E-state index contributed by atoms with van der Waals surface area (Å²) in [6.45, 7) is 5.71. The molecule has 0 aliphatic heterocycles. The molecule has 0 aliphatic carbocycles. The fourth-order valence-electron chi connectivity index (χ4n) is 2.48. The molecule has 0 amide bonds. The van der Waals surface area contributed by atoms with E-state index >= 15 is 0 Å². The molecular weight excluding hydrogens is 262 g/mol. The van der Waals surface area contributed by atoms with Gasteiger partial charge in [0.05, 0.1) is 23.4 Å². The van der Waals surface area contributed by atoms with Gasteiger partial charge < -0.3 is 9.64 Å². The van der Waals surface area contributed by atoms with Crippen molar-refractivity contribution in [3.63, 3.8) is 0 Å². The van der Waals surface area contributed by atoms with Gasteiger partial charge in [-0.1, -0.05) is 25.1 Å². The van der Waals surface area contributed by atoms with Crippen molar-refractivity contribution in [2.75, 3.05) is 25.2 Å². The Morgan fingerprint density at radius 1 is 1.38 bits per heavy atom. The van der Waals surface area contributed by atoms with E-state index in [0.29, 0.717) is 18.2 Å².